The number of nitrogens with zero attached hydrogens (tertiary/aromatic N) is 1. The molecule has 1 aromatic carbocycles. The summed E-state index contributed by atoms with van der Waals surface area (Å²) in [5, 5.41) is 8.82. The van der Waals surface area contributed by atoms with Crippen LogP contribution >= 0.6 is 0 Å². The molecule has 0 aromatic heterocycles. The number of hydrogen-bond acceptors (Lipinski definition) is 3. The van der Waals surface area contributed by atoms with Crippen LogP contribution < -0.4 is 4.74 Å². The zero-order valence-corrected chi connectivity index (χ0v) is 12.6. The molecule has 112 valence electrons. The Labute approximate surface area is 125 Å². The van der Waals surface area contributed by atoms with E-state index in [1.165, 1.54) is 0 Å². The van der Waals surface area contributed by atoms with E-state index in [0.29, 0.717) is 22.9 Å². The SMILES string of the molecule is CCCN(C(=O)c1ccc(OC)c(C#CCO)c1)C1CC1. The molecular weight excluding hydrogens is 266 g/mol. The van der Waals surface area contributed by atoms with E-state index in [0.717, 1.165) is 25.8 Å². The summed E-state index contributed by atoms with van der Waals surface area (Å²) >= 11 is 0. The third-order valence-corrected chi connectivity index (χ3v) is 3.46. The fraction of sp³-hybridized carbons (Fsp3) is 0.471. The fourth-order valence-electron chi connectivity index (χ4n) is 2.32. The first kappa shape index (κ1) is 15.4. The van der Waals surface area contributed by atoms with Crippen molar-refractivity contribution in [3.8, 4) is 17.6 Å². The van der Waals surface area contributed by atoms with Gasteiger partial charge in [0.25, 0.3) is 5.91 Å². The number of amides is 1. The molecule has 0 aliphatic heterocycles. The summed E-state index contributed by atoms with van der Waals surface area (Å²) in [5.41, 5.74) is 1.25. The van der Waals surface area contributed by atoms with Gasteiger partial charge in [0, 0.05) is 18.2 Å². The van der Waals surface area contributed by atoms with Crippen LogP contribution in [0.5, 0.6) is 5.75 Å². The van der Waals surface area contributed by atoms with Gasteiger partial charge >= 0.3 is 0 Å². The van der Waals surface area contributed by atoms with E-state index in [4.69, 9.17) is 9.84 Å². The van der Waals surface area contributed by atoms with Gasteiger partial charge in [-0.05, 0) is 37.5 Å². The third-order valence-electron chi connectivity index (χ3n) is 3.46. The van der Waals surface area contributed by atoms with Crippen LogP contribution in [0.1, 0.15) is 42.1 Å². The number of rotatable bonds is 5. The van der Waals surface area contributed by atoms with Crippen molar-refractivity contribution in [1.29, 1.82) is 0 Å². The average molecular weight is 287 g/mol. The lowest BCUT2D eigenvalue weighted by Crippen LogP contribution is -2.33. The standard InChI is InChI=1S/C17H21NO3/c1-3-10-18(15-7-8-15)17(20)14-6-9-16(21-2)13(12-14)5-4-11-19/h6,9,12,15,19H,3,7-8,10-11H2,1-2H3. The zero-order chi connectivity index (χ0) is 15.2. The molecule has 0 spiro atoms. The van der Waals surface area contributed by atoms with Gasteiger partial charge in [-0.15, -0.1) is 0 Å². The Balaban J connectivity index is 2.28. The topological polar surface area (TPSA) is 49.8 Å². The van der Waals surface area contributed by atoms with Crippen molar-refractivity contribution >= 4 is 5.91 Å². The Bertz CT molecular complexity index is 567. The van der Waals surface area contributed by atoms with Crippen LogP contribution in [0.25, 0.3) is 0 Å². The fourth-order valence-corrected chi connectivity index (χ4v) is 2.32. The molecule has 1 aliphatic carbocycles. The zero-order valence-electron chi connectivity index (χ0n) is 12.6. The van der Waals surface area contributed by atoms with Gasteiger partial charge in [0.15, 0.2) is 0 Å². The first-order valence-corrected chi connectivity index (χ1v) is 7.30. The molecule has 1 amide bonds. The summed E-state index contributed by atoms with van der Waals surface area (Å²) in [6.45, 7) is 2.65. The van der Waals surface area contributed by atoms with Crippen LogP contribution in [0.2, 0.25) is 0 Å². The minimum absolute atomic E-state index is 0.0500. The monoisotopic (exact) mass is 287 g/mol. The largest absolute Gasteiger partial charge is 0.495 e. The van der Waals surface area contributed by atoms with Gasteiger partial charge < -0.3 is 14.7 Å². The number of aliphatic hydroxyl groups is 1. The number of benzene rings is 1. The predicted octanol–water partition coefficient (Wildman–Crippen LogP) is 2.05. The molecule has 4 nitrogen and oxygen atoms in total. The van der Waals surface area contributed by atoms with E-state index < -0.39 is 0 Å². The van der Waals surface area contributed by atoms with Gasteiger partial charge in [0.1, 0.15) is 12.4 Å². The van der Waals surface area contributed by atoms with Gasteiger partial charge in [-0.2, -0.15) is 0 Å². The lowest BCUT2D eigenvalue weighted by atomic mass is 10.1. The van der Waals surface area contributed by atoms with Gasteiger partial charge in [-0.1, -0.05) is 18.8 Å². The van der Waals surface area contributed by atoms with Crippen molar-refractivity contribution < 1.29 is 14.6 Å². The molecule has 21 heavy (non-hydrogen) atoms. The quantitative estimate of drug-likeness (QED) is 0.843. The Morgan fingerprint density at radius 2 is 2.24 bits per heavy atom. The second-order valence-corrected chi connectivity index (χ2v) is 5.10. The van der Waals surface area contributed by atoms with E-state index in [-0.39, 0.29) is 12.5 Å². The Morgan fingerprint density at radius 3 is 2.81 bits per heavy atom. The van der Waals surface area contributed by atoms with E-state index >= 15 is 0 Å². The van der Waals surface area contributed by atoms with E-state index in [2.05, 4.69) is 18.8 Å². The number of hydrogen-bond donors (Lipinski definition) is 1. The molecule has 0 heterocycles. The second kappa shape index (κ2) is 7.14. The summed E-state index contributed by atoms with van der Waals surface area (Å²) in [5.74, 6) is 6.09. The van der Waals surface area contributed by atoms with Gasteiger partial charge in [0.2, 0.25) is 0 Å². The Kier molecular flexibility index (Phi) is 5.24. The predicted molar refractivity (Wildman–Crippen MR) is 81.3 cm³/mol. The van der Waals surface area contributed by atoms with Crippen LogP contribution in [-0.2, 0) is 0 Å². The van der Waals surface area contributed by atoms with Crippen molar-refractivity contribution in [2.45, 2.75) is 32.2 Å². The van der Waals surface area contributed by atoms with Crippen LogP contribution in [0.15, 0.2) is 18.2 Å². The summed E-state index contributed by atoms with van der Waals surface area (Å²) in [6.07, 6.45) is 3.15. The highest BCUT2D eigenvalue weighted by Gasteiger charge is 2.32. The molecule has 0 bridgehead atoms. The van der Waals surface area contributed by atoms with Crippen molar-refractivity contribution in [3.05, 3.63) is 29.3 Å². The number of aliphatic hydroxyl groups excluding tert-OH is 1. The molecule has 2 rings (SSSR count). The summed E-state index contributed by atoms with van der Waals surface area (Å²) < 4.78 is 5.24. The highest BCUT2D eigenvalue weighted by molar-refractivity contribution is 5.95. The molecule has 1 aliphatic rings. The molecule has 4 heteroatoms. The average Bonchev–Trinajstić information content (AvgIpc) is 3.34. The maximum absolute atomic E-state index is 12.6. The van der Waals surface area contributed by atoms with Crippen molar-refractivity contribution in [1.82, 2.24) is 4.90 Å². The Morgan fingerprint density at radius 1 is 1.48 bits per heavy atom. The molecule has 1 fully saturated rings. The van der Waals surface area contributed by atoms with Gasteiger partial charge in [0.05, 0.1) is 12.7 Å². The third kappa shape index (κ3) is 3.77. The summed E-state index contributed by atoms with van der Waals surface area (Å²) in [7, 11) is 1.56. The summed E-state index contributed by atoms with van der Waals surface area (Å²) in [6, 6.07) is 5.67. The molecule has 0 unspecified atom stereocenters. The maximum atomic E-state index is 12.6. The minimum atomic E-state index is -0.217. The molecule has 1 saturated carbocycles. The smallest absolute Gasteiger partial charge is 0.254 e. The number of carbonyl (C=O) groups is 1. The van der Waals surface area contributed by atoms with E-state index in [9.17, 15) is 4.79 Å². The van der Waals surface area contributed by atoms with Crippen molar-refractivity contribution in [3.63, 3.8) is 0 Å². The first-order valence-electron chi connectivity index (χ1n) is 7.30. The van der Waals surface area contributed by atoms with Gasteiger partial charge in [-0.3, -0.25) is 4.79 Å². The van der Waals surface area contributed by atoms with Crippen molar-refractivity contribution in [2.75, 3.05) is 20.3 Å². The first-order chi connectivity index (χ1) is 10.2. The van der Waals surface area contributed by atoms with Crippen LogP contribution in [0.4, 0.5) is 0 Å². The highest BCUT2D eigenvalue weighted by atomic mass is 16.5. The maximum Gasteiger partial charge on any atom is 0.254 e. The minimum Gasteiger partial charge on any atom is -0.495 e. The molecular formula is C17H21NO3. The molecule has 0 atom stereocenters. The number of methoxy groups -OCH3 is 1. The Hall–Kier alpha value is -1.99. The molecule has 0 saturated heterocycles. The second-order valence-electron chi connectivity index (χ2n) is 5.10. The van der Waals surface area contributed by atoms with E-state index in [1.807, 2.05) is 4.90 Å². The molecule has 1 aromatic rings. The van der Waals surface area contributed by atoms with Crippen LogP contribution in [-0.4, -0.2) is 42.2 Å². The van der Waals surface area contributed by atoms with E-state index in [1.54, 1.807) is 25.3 Å². The van der Waals surface area contributed by atoms with Crippen molar-refractivity contribution in [2.24, 2.45) is 0 Å². The lowest BCUT2D eigenvalue weighted by molar-refractivity contribution is 0.0743. The number of carbonyl (C=O) groups excluding carboxylic acids is 1. The van der Waals surface area contributed by atoms with Crippen LogP contribution in [0, 0.1) is 11.8 Å². The van der Waals surface area contributed by atoms with Crippen LogP contribution in [0.3, 0.4) is 0 Å². The lowest BCUT2D eigenvalue weighted by Gasteiger charge is -2.22. The normalized spacial score (nSPS) is 13.3. The summed E-state index contributed by atoms with van der Waals surface area (Å²) in [4.78, 5) is 14.6. The highest BCUT2D eigenvalue weighted by Crippen LogP contribution is 2.29. The number of ether oxygens (including phenoxy) is 1. The molecule has 1 N–H and O–H groups in total. The molecule has 0 radical (unpaired) electrons. The van der Waals surface area contributed by atoms with Gasteiger partial charge in [-0.25, -0.2) is 0 Å².